The second kappa shape index (κ2) is 5.77. The van der Waals surface area contributed by atoms with Crippen molar-refractivity contribution in [3.8, 4) is 5.75 Å². The minimum atomic E-state index is -3.65. The van der Waals surface area contributed by atoms with Crippen LogP contribution in [0.25, 0.3) is 0 Å². The summed E-state index contributed by atoms with van der Waals surface area (Å²) in [4.78, 5) is 11.9. The highest BCUT2D eigenvalue weighted by atomic mass is 32.2. The quantitative estimate of drug-likeness (QED) is 0.860. The van der Waals surface area contributed by atoms with E-state index in [0.29, 0.717) is 18.0 Å². The van der Waals surface area contributed by atoms with Crippen molar-refractivity contribution in [3.05, 3.63) is 18.2 Å². The standard InChI is InChI=1S/C15H20N2O5S/c1-15(2)14(18)17-12-6-5-11(8-13(12)22-15)23(19,20)16-9-10-4-3-7-21-10/h5-6,8,10,16H,3-4,7,9H2,1-2H3,(H,17,18)/t10-/m0/s1. The van der Waals surface area contributed by atoms with Crippen molar-refractivity contribution >= 4 is 21.6 Å². The molecular formula is C15H20N2O5S. The molecule has 1 aromatic rings. The van der Waals surface area contributed by atoms with E-state index in [0.717, 1.165) is 12.8 Å². The van der Waals surface area contributed by atoms with E-state index < -0.39 is 15.6 Å². The molecule has 0 aliphatic carbocycles. The smallest absolute Gasteiger partial charge is 0.268 e. The number of rotatable bonds is 4. The zero-order valence-electron chi connectivity index (χ0n) is 13.1. The van der Waals surface area contributed by atoms with E-state index in [4.69, 9.17) is 9.47 Å². The Labute approximate surface area is 135 Å². The Bertz CT molecular complexity index is 723. The number of hydrogen-bond donors (Lipinski definition) is 2. The summed E-state index contributed by atoms with van der Waals surface area (Å²) in [7, 11) is -3.65. The van der Waals surface area contributed by atoms with Crippen LogP contribution in [0.5, 0.6) is 5.75 Å². The molecule has 0 saturated carbocycles. The molecule has 23 heavy (non-hydrogen) atoms. The lowest BCUT2D eigenvalue weighted by Gasteiger charge is -2.31. The lowest BCUT2D eigenvalue weighted by Crippen LogP contribution is -2.45. The number of nitrogens with one attached hydrogen (secondary N) is 2. The number of carbonyl (C=O) groups excluding carboxylic acids is 1. The summed E-state index contributed by atoms with van der Waals surface area (Å²) in [5.74, 6) is 0.0757. The molecule has 1 aromatic carbocycles. The summed E-state index contributed by atoms with van der Waals surface area (Å²) in [5, 5.41) is 2.71. The molecule has 1 saturated heterocycles. The molecule has 2 aliphatic heterocycles. The van der Waals surface area contributed by atoms with Crippen LogP contribution in [0.15, 0.2) is 23.1 Å². The van der Waals surface area contributed by atoms with Crippen molar-refractivity contribution in [2.24, 2.45) is 0 Å². The molecule has 126 valence electrons. The van der Waals surface area contributed by atoms with E-state index in [-0.39, 0.29) is 23.5 Å². The minimum absolute atomic E-state index is 0.0723. The Hall–Kier alpha value is -1.64. The van der Waals surface area contributed by atoms with Crippen LogP contribution < -0.4 is 14.8 Å². The van der Waals surface area contributed by atoms with Gasteiger partial charge in [0.15, 0.2) is 5.60 Å². The molecule has 3 rings (SSSR count). The second-order valence-electron chi connectivity index (χ2n) is 6.21. The van der Waals surface area contributed by atoms with Gasteiger partial charge in [-0.05, 0) is 38.8 Å². The van der Waals surface area contributed by atoms with Gasteiger partial charge in [-0.25, -0.2) is 13.1 Å². The fraction of sp³-hybridized carbons (Fsp3) is 0.533. The van der Waals surface area contributed by atoms with Gasteiger partial charge in [0.05, 0.1) is 16.7 Å². The summed E-state index contributed by atoms with van der Waals surface area (Å²) in [6.45, 7) is 4.18. The van der Waals surface area contributed by atoms with Gasteiger partial charge in [-0.1, -0.05) is 0 Å². The van der Waals surface area contributed by atoms with Gasteiger partial charge in [0.25, 0.3) is 5.91 Å². The fourth-order valence-corrected chi connectivity index (χ4v) is 3.62. The van der Waals surface area contributed by atoms with Crippen LogP contribution in [-0.2, 0) is 19.6 Å². The molecule has 1 atom stereocenters. The maximum absolute atomic E-state index is 12.4. The molecule has 7 nitrogen and oxygen atoms in total. The van der Waals surface area contributed by atoms with Crippen LogP contribution in [0.4, 0.5) is 5.69 Å². The van der Waals surface area contributed by atoms with Gasteiger partial charge in [0, 0.05) is 19.2 Å². The van der Waals surface area contributed by atoms with E-state index in [1.807, 2.05) is 0 Å². The van der Waals surface area contributed by atoms with E-state index in [1.165, 1.54) is 18.2 Å². The Morgan fingerprint density at radius 3 is 2.87 bits per heavy atom. The molecule has 0 spiro atoms. The molecule has 2 heterocycles. The third kappa shape index (κ3) is 3.34. The molecule has 0 radical (unpaired) electrons. The maximum atomic E-state index is 12.4. The first-order valence-electron chi connectivity index (χ1n) is 7.54. The van der Waals surface area contributed by atoms with Gasteiger partial charge in [0.1, 0.15) is 5.75 Å². The number of fused-ring (bicyclic) bond motifs is 1. The average Bonchev–Trinajstić information content (AvgIpc) is 2.99. The van der Waals surface area contributed by atoms with E-state index in [2.05, 4.69) is 10.0 Å². The van der Waals surface area contributed by atoms with Gasteiger partial charge < -0.3 is 14.8 Å². The Morgan fingerprint density at radius 1 is 1.39 bits per heavy atom. The van der Waals surface area contributed by atoms with Crippen LogP contribution in [0, 0.1) is 0 Å². The zero-order chi connectivity index (χ0) is 16.7. The Kier molecular flexibility index (Phi) is 4.07. The lowest BCUT2D eigenvalue weighted by molar-refractivity contribution is -0.129. The first kappa shape index (κ1) is 16.2. The van der Waals surface area contributed by atoms with Crippen molar-refractivity contribution < 1.29 is 22.7 Å². The molecule has 1 amide bonds. The molecule has 8 heteroatoms. The number of ether oxygens (including phenoxy) is 2. The van der Waals surface area contributed by atoms with Crippen molar-refractivity contribution in [3.63, 3.8) is 0 Å². The molecule has 2 N–H and O–H groups in total. The van der Waals surface area contributed by atoms with Crippen molar-refractivity contribution in [1.29, 1.82) is 0 Å². The van der Waals surface area contributed by atoms with Crippen LogP contribution in [0.2, 0.25) is 0 Å². The van der Waals surface area contributed by atoms with E-state index in [1.54, 1.807) is 13.8 Å². The fourth-order valence-electron chi connectivity index (χ4n) is 2.54. The Balaban J connectivity index is 1.79. The summed E-state index contributed by atoms with van der Waals surface area (Å²) in [6, 6.07) is 4.40. The molecule has 2 aliphatic rings. The topological polar surface area (TPSA) is 93.7 Å². The number of sulfonamides is 1. The largest absolute Gasteiger partial charge is 0.476 e. The van der Waals surface area contributed by atoms with Crippen molar-refractivity contribution in [2.45, 2.75) is 43.3 Å². The minimum Gasteiger partial charge on any atom is -0.476 e. The average molecular weight is 340 g/mol. The van der Waals surface area contributed by atoms with Crippen LogP contribution in [-0.4, -0.2) is 39.2 Å². The highest BCUT2D eigenvalue weighted by Gasteiger charge is 2.36. The van der Waals surface area contributed by atoms with Crippen molar-refractivity contribution in [1.82, 2.24) is 4.72 Å². The molecule has 0 bridgehead atoms. The third-order valence-electron chi connectivity index (χ3n) is 3.95. The van der Waals surface area contributed by atoms with Crippen LogP contribution in [0.3, 0.4) is 0 Å². The SMILES string of the molecule is CC1(C)Oc2cc(S(=O)(=O)NC[C@@H]3CCCO3)ccc2NC1=O. The second-order valence-corrected chi connectivity index (χ2v) is 7.98. The third-order valence-corrected chi connectivity index (χ3v) is 5.37. The predicted octanol–water partition coefficient (Wildman–Crippen LogP) is 1.25. The van der Waals surface area contributed by atoms with Crippen LogP contribution >= 0.6 is 0 Å². The maximum Gasteiger partial charge on any atom is 0.268 e. The number of anilines is 1. The monoisotopic (exact) mass is 340 g/mol. The highest BCUT2D eigenvalue weighted by Crippen LogP contribution is 2.35. The number of amides is 1. The summed E-state index contributed by atoms with van der Waals surface area (Å²) in [5.41, 5.74) is -0.576. The van der Waals surface area contributed by atoms with Gasteiger partial charge in [0.2, 0.25) is 10.0 Å². The normalized spacial score (nSPS) is 23.0. The summed E-state index contributed by atoms with van der Waals surface area (Å²) >= 11 is 0. The lowest BCUT2D eigenvalue weighted by atomic mass is 10.1. The van der Waals surface area contributed by atoms with E-state index in [9.17, 15) is 13.2 Å². The Morgan fingerprint density at radius 2 is 2.17 bits per heavy atom. The molecule has 0 aromatic heterocycles. The number of carbonyl (C=O) groups is 1. The van der Waals surface area contributed by atoms with E-state index >= 15 is 0 Å². The van der Waals surface area contributed by atoms with Gasteiger partial charge >= 0.3 is 0 Å². The number of hydrogen-bond acceptors (Lipinski definition) is 5. The first-order chi connectivity index (χ1) is 10.8. The van der Waals surface area contributed by atoms with Crippen molar-refractivity contribution in [2.75, 3.05) is 18.5 Å². The molecule has 0 unspecified atom stereocenters. The summed E-state index contributed by atoms with van der Waals surface area (Å²) in [6.07, 6.45) is 1.74. The highest BCUT2D eigenvalue weighted by molar-refractivity contribution is 7.89. The van der Waals surface area contributed by atoms with Gasteiger partial charge in [-0.2, -0.15) is 0 Å². The van der Waals surface area contributed by atoms with Gasteiger partial charge in [-0.3, -0.25) is 4.79 Å². The number of benzene rings is 1. The zero-order valence-corrected chi connectivity index (χ0v) is 13.9. The predicted molar refractivity (Wildman–Crippen MR) is 83.9 cm³/mol. The van der Waals surface area contributed by atoms with Gasteiger partial charge in [-0.15, -0.1) is 0 Å². The molecular weight excluding hydrogens is 320 g/mol. The summed E-state index contributed by atoms with van der Waals surface area (Å²) < 4.78 is 38.4. The molecule has 1 fully saturated rings. The first-order valence-corrected chi connectivity index (χ1v) is 9.02. The van der Waals surface area contributed by atoms with Crippen LogP contribution in [0.1, 0.15) is 26.7 Å².